The highest BCUT2D eigenvalue weighted by atomic mass is 16.5. The number of nitrogens with zero attached hydrogens (tertiary/aromatic N) is 3. The van der Waals surface area contributed by atoms with E-state index in [0.29, 0.717) is 18.5 Å². The molecule has 1 spiro atoms. The number of piperazine rings is 1. The molecule has 1 aromatic rings. The SMILES string of the molecule is C=CC(=O)N1CCN(C2NC(OCC3CCCN3C)NC3C[C@@]4(CCC32)Cc2ccc(C)cc2O4)CC1CNC. The van der Waals surface area contributed by atoms with E-state index in [1.807, 2.05) is 11.9 Å². The second-order valence-corrected chi connectivity index (χ2v) is 12.8. The molecule has 6 unspecified atom stereocenters. The van der Waals surface area contributed by atoms with E-state index >= 15 is 0 Å². The zero-order valence-corrected chi connectivity index (χ0v) is 24.5. The largest absolute Gasteiger partial charge is 0.487 e. The predicted octanol–water partition coefficient (Wildman–Crippen LogP) is 1.67. The van der Waals surface area contributed by atoms with Gasteiger partial charge in [-0.1, -0.05) is 18.7 Å². The number of nitrogens with one attached hydrogen (secondary N) is 3. The maximum absolute atomic E-state index is 12.6. The number of hydrogen-bond donors (Lipinski definition) is 3. The smallest absolute Gasteiger partial charge is 0.246 e. The monoisotopic (exact) mass is 552 g/mol. The summed E-state index contributed by atoms with van der Waals surface area (Å²) in [5.74, 6) is 1.52. The van der Waals surface area contributed by atoms with Crippen molar-refractivity contribution < 1.29 is 14.3 Å². The molecular formula is C31H48N6O3. The molecule has 4 heterocycles. The summed E-state index contributed by atoms with van der Waals surface area (Å²) < 4.78 is 13.3. The Kier molecular flexibility index (Phi) is 8.23. The summed E-state index contributed by atoms with van der Waals surface area (Å²) in [5.41, 5.74) is 2.44. The Morgan fingerprint density at radius 1 is 1.25 bits per heavy atom. The number of likely N-dealkylation sites (N-methyl/N-ethyl adjacent to an activating group) is 2. The van der Waals surface area contributed by atoms with Gasteiger partial charge in [-0.2, -0.15) is 0 Å². The van der Waals surface area contributed by atoms with E-state index in [2.05, 4.69) is 64.5 Å². The lowest BCUT2D eigenvalue weighted by atomic mass is 9.71. The van der Waals surface area contributed by atoms with Gasteiger partial charge in [-0.15, -0.1) is 0 Å². The normalized spacial score (nSPS) is 36.3. The van der Waals surface area contributed by atoms with Gasteiger partial charge in [0, 0.05) is 57.0 Å². The van der Waals surface area contributed by atoms with Crippen molar-refractivity contribution in [3.8, 4) is 5.75 Å². The van der Waals surface area contributed by atoms with E-state index in [9.17, 15) is 4.79 Å². The molecule has 4 fully saturated rings. The van der Waals surface area contributed by atoms with Crippen LogP contribution in [0.4, 0.5) is 0 Å². The van der Waals surface area contributed by atoms with Crippen molar-refractivity contribution >= 4 is 5.91 Å². The molecule has 1 aromatic carbocycles. The predicted molar refractivity (Wildman–Crippen MR) is 156 cm³/mol. The van der Waals surface area contributed by atoms with Crippen LogP contribution in [0.25, 0.3) is 0 Å². The number of fused-ring (bicyclic) bond motifs is 2. The first-order chi connectivity index (χ1) is 19.4. The summed E-state index contributed by atoms with van der Waals surface area (Å²) in [4.78, 5) is 19.6. The van der Waals surface area contributed by atoms with Crippen molar-refractivity contribution in [1.29, 1.82) is 0 Å². The molecule has 4 aliphatic heterocycles. The fourth-order valence-electron chi connectivity index (χ4n) is 7.96. The Morgan fingerprint density at radius 3 is 2.90 bits per heavy atom. The zero-order valence-electron chi connectivity index (χ0n) is 24.5. The van der Waals surface area contributed by atoms with Crippen LogP contribution >= 0.6 is 0 Å². The van der Waals surface area contributed by atoms with Gasteiger partial charge in [0.15, 0.2) is 6.35 Å². The first kappa shape index (κ1) is 28.1. The number of likely N-dealkylation sites (tertiary alicyclic amines) is 1. The van der Waals surface area contributed by atoms with Crippen molar-refractivity contribution in [1.82, 2.24) is 30.7 Å². The molecule has 7 atom stereocenters. The standard InChI is InChI=1S/C31H48N6O3/c1-5-28(38)37-14-13-36(19-24(37)18-32-3)29-25-10-11-31(16-22-9-8-21(2)15-27(22)40-31)17-26(25)33-30(34-29)39-20-23-7-6-12-35(23)4/h5,8-9,15,23-26,29-30,32-34H,1,6-7,10-14,16-20H2,2-4H3/t23?,24?,25?,26?,29?,30?,31-/m1/s1. The van der Waals surface area contributed by atoms with Crippen molar-refractivity contribution in [2.45, 2.75) is 81.7 Å². The van der Waals surface area contributed by atoms with Gasteiger partial charge in [-0.3, -0.25) is 20.3 Å². The minimum atomic E-state index is -0.211. The number of carbonyl (C=O) groups excluding carboxylic acids is 1. The van der Waals surface area contributed by atoms with Gasteiger partial charge < -0.3 is 24.6 Å². The Labute approximate surface area is 239 Å². The molecule has 0 aromatic heterocycles. The quantitative estimate of drug-likeness (QED) is 0.441. The second kappa shape index (κ2) is 11.7. The molecule has 6 rings (SSSR count). The van der Waals surface area contributed by atoms with Crippen molar-refractivity contribution in [2.24, 2.45) is 5.92 Å². The summed E-state index contributed by atoms with van der Waals surface area (Å²) in [6.07, 6.45) is 7.94. The molecular weight excluding hydrogens is 504 g/mol. The Bertz CT molecular complexity index is 1090. The number of amides is 1. The lowest BCUT2D eigenvalue weighted by Gasteiger charge is -2.54. The molecule has 0 radical (unpaired) electrons. The van der Waals surface area contributed by atoms with Crippen LogP contribution in [-0.4, -0.2) is 110 Å². The van der Waals surface area contributed by atoms with E-state index in [4.69, 9.17) is 9.47 Å². The number of hydrogen-bond acceptors (Lipinski definition) is 8. The van der Waals surface area contributed by atoms with Crippen LogP contribution in [-0.2, 0) is 16.0 Å². The summed E-state index contributed by atoms with van der Waals surface area (Å²) in [7, 11) is 4.16. The third-order valence-electron chi connectivity index (χ3n) is 10.1. The fourth-order valence-corrected chi connectivity index (χ4v) is 7.96. The van der Waals surface area contributed by atoms with Crippen LogP contribution in [0.2, 0.25) is 0 Å². The van der Waals surface area contributed by atoms with Crippen LogP contribution in [0.15, 0.2) is 30.9 Å². The molecule has 3 saturated heterocycles. The molecule has 9 nitrogen and oxygen atoms in total. The van der Waals surface area contributed by atoms with Crippen molar-refractivity contribution in [3.63, 3.8) is 0 Å². The summed E-state index contributed by atoms with van der Waals surface area (Å²) in [6.45, 7) is 10.9. The maximum atomic E-state index is 12.6. The first-order valence-corrected chi connectivity index (χ1v) is 15.3. The Hall–Kier alpha value is -2.01. The lowest BCUT2D eigenvalue weighted by molar-refractivity contribution is -0.138. The van der Waals surface area contributed by atoms with Crippen molar-refractivity contribution in [2.75, 3.05) is 53.4 Å². The molecule has 0 bridgehead atoms. The summed E-state index contributed by atoms with van der Waals surface area (Å²) in [6, 6.07) is 7.52. The summed E-state index contributed by atoms with van der Waals surface area (Å²) >= 11 is 0. The first-order valence-electron chi connectivity index (χ1n) is 15.3. The van der Waals surface area contributed by atoms with Gasteiger partial charge in [-0.05, 0) is 76.5 Å². The lowest BCUT2D eigenvalue weighted by Crippen LogP contribution is -2.73. The van der Waals surface area contributed by atoms with Gasteiger partial charge >= 0.3 is 0 Å². The van der Waals surface area contributed by atoms with Crippen molar-refractivity contribution in [3.05, 3.63) is 42.0 Å². The molecule has 1 aliphatic carbocycles. The maximum Gasteiger partial charge on any atom is 0.246 e. The van der Waals surface area contributed by atoms with E-state index in [0.717, 1.165) is 64.2 Å². The van der Waals surface area contributed by atoms with Crippen LogP contribution in [0.1, 0.15) is 43.2 Å². The molecule has 1 saturated carbocycles. The number of rotatable bonds is 7. The zero-order chi connectivity index (χ0) is 27.9. The molecule has 40 heavy (non-hydrogen) atoms. The molecule has 3 N–H and O–H groups in total. The topological polar surface area (TPSA) is 81.3 Å². The number of benzene rings is 1. The summed E-state index contributed by atoms with van der Waals surface area (Å²) in [5, 5.41) is 11.1. The van der Waals surface area contributed by atoms with Gasteiger partial charge in [0.2, 0.25) is 5.91 Å². The third-order valence-corrected chi connectivity index (χ3v) is 10.1. The minimum Gasteiger partial charge on any atom is -0.487 e. The van der Waals surface area contributed by atoms with Gasteiger partial charge in [0.1, 0.15) is 11.4 Å². The van der Waals surface area contributed by atoms with Crippen LogP contribution < -0.4 is 20.7 Å². The average Bonchev–Trinajstić information content (AvgIpc) is 3.52. The highest BCUT2D eigenvalue weighted by molar-refractivity contribution is 5.87. The molecule has 5 aliphatic rings. The van der Waals surface area contributed by atoms with Crippen LogP contribution in [0, 0.1) is 12.8 Å². The Morgan fingerprint density at radius 2 is 2.12 bits per heavy atom. The van der Waals surface area contributed by atoms with E-state index in [1.54, 1.807) is 0 Å². The minimum absolute atomic E-state index is 0.0192. The average molecular weight is 553 g/mol. The van der Waals surface area contributed by atoms with Gasteiger partial charge in [0.25, 0.3) is 0 Å². The molecule has 220 valence electrons. The second-order valence-electron chi connectivity index (χ2n) is 12.8. The third kappa shape index (κ3) is 5.56. The fraction of sp³-hybridized carbons (Fsp3) is 0.710. The van der Waals surface area contributed by atoms with E-state index in [1.165, 1.54) is 30.0 Å². The van der Waals surface area contributed by atoms with E-state index < -0.39 is 0 Å². The number of aryl methyl sites for hydroxylation is 1. The Balaban J connectivity index is 1.20. The van der Waals surface area contributed by atoms with Crippen LogP contribution in [0.3, 0.4) is 0 Å². The van der Waals surface area contributed by atoms with E-state index in [-0.39, 0.29) is 36.1 Å². The van der Waals surface area contributed by atoms with Gasteiger partial charge in [0.05, 0.1) is 18.8 Å². The van der Waals surface area contributed by atoms with Gasteiger partial charge in [-0.25, -0.2) is 0 Å². The number of ether oxygens (including phenoxy) is 2. The van der Waals surface area contributed by atoms with Crippen LogP contribution in [0.5, 0.6) is 5.75 Å². The number of carbonyl (C=O) groups is 1. The molecule has 1 amide bonds. The highest BCUT2D eigenvalue weighted by Gasteiger charge is 2.52. The molecule has 9 heteroatoms. The highest BCUT2D eigenvalue weighted by Crippen LogP contribution is 2.47.